The first-order valence-electron chi connectivity index (χ1n) is 6.28. The smallest absolute Gasteiger partial charge is 0.178 e. The van der Waals surface area contributed by atoms with Gasteiger partial charge in [-0.3, -0.25) is 4.79 Å². The van der Waals surface area contributed by atoms with E-state index in [1.807, 2.05) is 19.9 Å². The standard InChI is InChI=1S/C14H17N3OS/c1-8(2)5-6-17-14-10(7-15)11(16)13(19-14)12(18)9-3-4-9/h5,9,17H,3-4,6,16H2,1-2H3. The van der Waals surface area contributed by atoms with Crippen LogP contribution in [0.3, 0.4) is 0 Å². The van der Waals surface area contributed by atoms with Gasteiger partial charge in [-0.25, -0.2) is 0 Å². The number of nitrogens with zero attached hydrogens (tertiary/aromatic N) is 1. The first-order valence-corrected chi connectivity index (χ1v) is 7.10. The lowest BCUT2D eigenvalue weighted by atomic mass is 10.1. The molecule has 0 unspecified atom stereocenters. The molecule has 1 aromatic heterocycles. The second-order valence-electron chi connectivity index (χ2n) is 4.96. The number of carbonyl (C=O) groups is 1. The van der Waals surface area contributed by atoms with Crippen LogP contribution in [0.5, 0.6) is 0 Å². The van der Waals surface area contributed by atoms with Crippen LogP contribution in [0.15, 0.2) is 11.6 Å². The van der Waals surface area contributed by atoms with Gasteiger partial charge in [-0.1, -0.05) is 11.6 Å². The third kappa shape index (κ3) is 2.96. The average molecular weight is 275 g/mol. The number of ketones is 1. The molecule has 1 aliphatic carbocycles. The number of carbonyl (C=O) groups excluding carboxylic acids is 1. The summed E-state index contributed by atoms with van der Waals surface area (Å²) in [5.74, 6) is 0.215. The monoisotopic (exact) mass is 275 g/mol. The van der Waals surface area contributed by atoms with Crippen LogP contribution in [0.4, 0.5) is 10.7 Å². The third-order valence-electron chi connectivity index (χ3n) is 3.00. The van der Waals surface area contributed by atoms with Gasteiger partial charge in [-0.05, 0) is 26.7 Å². The van der Waals surface area contributed by atoms with Crippen molar-refractivity contribution in [1.82, 2.24) is 0 Å². The van der Waals surface area contributed by atoms with E-state index in [0.717, 1.165) is 12.8 Å². The molecule has 5 heteroatoms. The number of hydrogen-bond donors (Lipinski definition) is 2. The number of nitrogens with one attached hydrogen (secondary N) is 1. The Hall–Kier alpha value is -1.80. The number of rotatable bonds is 5. The third-order valence-corrected chi connectivity index (χ3v) is 4.18. The van der Waals surface area contributed by atoms with E-state index in [-0.39, 0.29) is 11.7 Å². The van der Waals surface area contributed by atoms with Crippen LogP contribution >= 0.6 is 11.3 Å². The predicted molar refractivity (Wildman–Crippen MR) is 78.4 cm³/mol. The molecule has 1 heterocycles. The fourth-order valence-corrected chi connectivity index (χ4v) is 2.84. The Balaban J connectivity index is 2.23. The Morgan fingerprint density at radius 2 is 2.26 bits per heavy atom. The Kier molecular flexibility index (Phi) is 3.91. The van der Waals surface area contributed by atoms with Crippen molar-refractivity contribution >= 4 is 27.8 Å². The Bertz CT molecular complexity index is 572. The van der Waals surface area contributed by atoms with Crippen molar-refractivity contribution in [2.75, 3.05) is 17.6 Å². The van der Waals surface area contributed by atoms with Crippen LogP contribution in [0.25, 0.3) is 0 Å². The molecule has 0 aliphatic heterocycles. The molecular weight excluding hydrogens is 258 g/mol. The molecule has 0 saturated heterocycles. The highest BCUT2D eigenvalue weighted by Crippen LogP contribution is 2.41. The minimum atomic E-state index is 0.0919. The van der Waals surface area contributed by atoms with E-state index < -0.39 is 0 Å². The van der Waals surface area contributed by atoms with E-state index >= 15 is 0 Å². The Labute approximate surface area is 116 Å². The maximum Gasteiger partial charge on any atom is 0.178 e. The van der Waals surface area contributed by atoms with Crippen molar-refractivity contribution in [2.24, 2.45) is 5.92 Å². The number of nitriles is 1. The van der Waals surface area contributed by atoms with Gasteiger partial charge in [0.25, 0.3) is 0 Å². The molecule has 0 radical (unpaired) electrons. The molecule has 0 spiro atoms. The van der Waals surface area contributed by atoms with E-state index in [1.54, 1.807) is 0 Å². The topological polar surface area (TPSA) is 78.9 Å². The highest BCUT2D eigenvalue weighted by atomic mass is 32.1. The predicted octanol–water partition coefficient (Wildman–Crippen LogP) is 3.17. The molecule has 0 atom stereocenters. The lowest BCUT2D eigenvalue weighted by molar-refractivity contribution is 0.0972. The van der Waals surface area contributed by atoms with Gasteiger partial charge in [-0.15, -0.1) is 11.3 Å². The molecule has 100 valence electrons. The summed E-state index contributed by atoms with van der Waals surface area (Å²) in [7, 11) is 0. The number of Topliss-reactive ketones (excluding diaryl/α,β-unsaturated/α-hetero) is 1. The van der Waals surface area contributed by atoms with Crippen molar-refractivity contribution in [3.05, 3.63) is 22.1 Å². The molecule has 1 saturated carbocycles. The lowest BCUT2D eigenvalue weighted by Gasteiger charge is -2.00. The second-order valence-corrected chi connectivity index (χ2v) is 5.98. The SMILES string of the molecule is CC(C)=CCNc1sc(C(=O)C2CC2)c(N)c1C#N. The lowest BCUT2D eigenvalue weighted by Crippen LogP contribution is -2.02. The highest BCUT2D eigenvalue weighted by Gasteiger charge is 2.34. The van der Waals surface area contributed by atoms with E-state index in [0.29, 0.717) is 27.7 Å². The van der Waals surface area contributed by atoms with Gasteiger partial charge in [0, 0.05) is 12.5 Å². The number of allylic oxidation sites excluding steroid dienone is 1. The van der Waals surface area contributed by atoms with Crippen LogP contribution in [-0.2, 0) is 0 Å². The zero-order valence-corrected chi connectivity index (χ0v) is 11.9. The van der Waals surface area contributed by atoms with Gasteiger partial charge in [0.1, 0.15) is 16.6 Å². The van der Waals surface area contributed by atoms with E-state index in [4.69, 9.17) is 11.0 Å². The molecule has 1 aliphatic rings. The van der Waals surface area contributed by atoms with Crippen molar-refractivity contribution in [1.29, 1.82) is 5.26 Å². The molecule has 0 bridgehead atoms. The number of thiophene rings is 1. The zero-order chi connectivity index (χ0) is 14.0. The van der Waals surface area contributed by atoms with Crippen LogP contribution < -0.4 is 11.1 Å². The summed E-state index contributed by atoms with van der Waals surface area (Å²) in [4.78, 5) is 12.6. The van der Waals surface area contributed by atoms with Crippen LogP contribution in [0.2, 0.25) is 0 Å². The Morgan fingerprint density at radius 1 is 1.58 bits per heavy atom. The summed E-state index contributed by atoms with van der Waals surface area (Å²) < 4.78 is 0. The first kappa shape index (κ1) is 13.6. The quantitative estimate of drug-likeness (QED) is 0.639. The molecule has 19 heavy (non-hydrogen) atoms. The summed E-state index contributed by atoms with van der Waals surface area (Å²) in [5.41, 5.74) is 7.86. The fourth-order valence-electron chi connectivity index (χ4n) is 1.74. The first-order chi connectivity index (χ1) is 9.04. The van der Waals surface area contributed by atoms with Gasteiger partial charge in [0.2, 0.25) is 0 Å². The van der Waals surface area contributed by atoms with Crippen molar-refractivity contribution in [2.45, 2.75) is 26.7 Å². The molecule has 0 aromatic carbocycles. The summed E-state index contributed by atoms with van der Waals surface area (Å²) >= 11 is 1.30. The molecule has 3 N–H and O–H groups in total. The number of hydrogen-bond acceptors (Lipinski definition) is 5. The number of nitrogen functional groups attached to an aromatic ring is 1. The normalized spacial score (nSPS) is 13.7. The molecular formula is C14H17N3OS. The van der Waals surface area contributed by atoms with Crippen molar-refractivity contribution in [3.8, 4) is 6.07 Å². The summed E-state index contributed by atoms with van der Waals surface area (Å²) in [6.45, 7) is 4.66. The zero-order valence-electron chi connectivity index (χ0n) is 11.1. The summed E-state index contributed by atoms with van der Waals surface area (Å²) in [6, 6.07) is 2.09. The van der Waals surface area contributed by atoms with Crippen LogP contribution in [0.1, 0.15) is 41.9 Å². The van der Waals surface area contributed by atoms with E-state index in [9.17, 15) is 4.79 Å². The maximum absolute atomic E-state index is 12.1. The minimum absolute atomic E-state index is 0.0919. The second kappa shape index (κ2) is 5.45. The number of nitrogens with two attached hydrogens (primary N) is 1. The molecule has 0 amide bonds. The minimum Gasteiger partial charge on any atom is -0.396 e. The van der Waals surface area contributed by atoms with Gasteiger partial charge >= 0.3 is 0 Å². The number of anilines is 2. The van der Waals surface area contributed by atoms with Crippen molar-refractivity contribution < 1.29 is 4.79 Å². The van der Waals surface area contributed by atoms with Crippen LogP contribution in [0, 0.1) is 17.2 Å². The Morgan fingerprint density at radius 3 is 2.79 bits per heavy atom. The molecule has 2 rings (SSSR count). The fraction of sp³-hybridized carbons (Fsp3) is 0.429. The van der Waals surface area contributed by atoms with Gasteiger partial charge in [0.05, 0.1) is 10.6 Å². The summed E-state index contributed by atoms with van der Waals surface area (Å²) in [5, 5.41) is 13.0. The average Bonchev–Trinajstić information content (AvgIpc) is 3.14. The van der Waals surface area contributed by atoms with E-state index in [2.05, 4.69) is 11.4 Å². The molecule has 4 nitrogen and oxygen atoms in total. The largest absolute Gasteiger partial charge is 0.396 e. The van der Waals surface area contributed by atoms with Gasteiger partial charge < -0.3 is 11.1 Å². The molecule has 1 aromatic rings. The van der Waals surface area contributed by atoms with Crippen molar-refractivity contribution in [3.63, 3.8) is 0 Å². The molecule has 1 fully saturated rings. The highest BCUT2D eigenvalue weighted by molar-refractivity contribution is 7.19. The van der Waals surface area contributed by atoms with E-state index in [1.165, 1.54) is 16.9 Å². The summed E-state index contributed by atoms with van der Waals surface area (Å²) in [6.07, 6.45) is 3.91. The van der Waals surface area contributed by atoms with Crippen LogP contribution in [-0.4, -0.2) is 12.3 Å². The van der Waals surface area contributed by atoms with Gasteiger partial charge in [0.15, 0.2) is 5.78 Å². The van der Waals surface area contributed by atoms with Gasteiger partial charge in [-0.2, -0.15) is 5.26 Å². The maximum atomic E-state index is 12.1.